The highest BCUT2D eigenvalue weighted by atomic mass is 19.4. The number of alkyl halides is 3. The Hall–Kier alpha value is -2.57. The van der Waals surface area contributed by atoms with Crippen molar-refractivity contribution < 1.29 is 17.9 Å². The van der Waals surface area contributed by atoms with E-state index < -0.39 is 11.7 Å². The molecule has 0 aliphatic heterocycles. The molecule has 3 aromatic rings. The molecule has 0 amide bonds. The molecule has 22 heavy (non-hydrogen) atoms. The first-order valence-corrected chi connectivity index (χ1v) is 6.50. The van der Waals surface area contributed by atoms with E-state index in [-0.39, 0.29) is 6.61 Å². The van der Waals surface area contributed by atoms with Crippen LogP contribution in [0.4, 0.5) is 13.2 Å². The molecule has 0 N–H and O–H groups in total. The second-order valence-corrected chi connectivity index (χ2v) is 4.83. The van der Waals surface area contributed by atoms with E-state index in [0.717, 1.165) is 17.6 Å². The fourth-order valence-corrected chi connectivity index (χ4v) is 2.13. The first-order valence-electron chi connectivity index (χ1n) is 6.50. The SMILES string of the molecule is Cn1cnc2c(OCc3cccc(C(F)(F)F)c3)nccc21. The maximum Gasteiger partial charge on any atom is 0.416 e. The number of rotatable bonds is 3. The zero-order valence-corrected chi connectivity index (χ0v) is 11.6. The Labute approximate surface area is 124 Å². The predicted octanol–water partition coefficient (Wildman–Crippen LogP) is 3.57. The Morgan fingerprint density at radius 3 is 2.77 bits per heavy atom. The van der Waals surface area contributed by atoms with E-state index in [4.69, 9.17) is 4.74 Å². The van der Waals surface area contributed by atoms with Crippen LogP contribution in [0.25, 0.3) is 11.0 Å². The summed E-state index contributed by atoms with van der Waals surface area (Å²) in [6.45, 7) is -0.00733. The number of benzene rings is 1. The van der Waals surface area contributed by atoms with Gasteiger partial charge in [0.1, 0.15) is 6.61 Å². The number of hydrogen-bond donors (Lipinski definition) is 0. The van der Waals surface area contributed by atoms with E-state index in [0.29, 0.717) is 17.0 Å². The van der Waals surface area contributed by atoms with E-state index in [1.165, 1.54) is 6.07 Å². The van der Waals surface area contributed by atoms with Crippen LogP contribution in [0, 0.1) is 0 Å². The topological polar surface area (TPSA) is 39.9 Å². The summed E-state index contributed by atoms with van der Waals surface area (Å²) in [7, 11) is 1.84. The molecule has 0 saturated heterocycles. The number of hydrogen-bond acceptors (Lipinski definition) is 3. The third kappa shape index (κ3) is 2.74. The second kappa shape index (κ2) is 5.32. The van der Waals surface area contributed by atoms with Crippen LogP contribution >= 0.6 is 0 Å². The predicted molar refractivity (Wildman–Crippen MR) is 74.3 cm³/mol. The van der Waals surface area contributed by atoms with Crippen LogP contribution in [0.5, 0.6) is 5.88 Å². The standard InChI is InChI=1S/C15H12F3N3O/c1-21-9-20-13-12(21)5-6-19-14(13)22-8-10-3-2-4-11(7-10)15(16,17)18/h2-7,9H,8H2,1H3. The molecular formula is C15H12F3N3O. The quantitative estimate of drug-likeness (QED) is 0.742. The number of aryl methyl sites for hydroxylation is 1. The van der Waals surface area contributed by atoms with Crippen LogP contribution in [-0.2, 0) is 19.8 Å². The minimum Gasteiger partial charge on any atom is -0.471 e. The zero-order valence-electron chi connectivity index (χ0n) is 11.6. The van der Waals surface area contributed by atoms with Crippen LogP contribution in [0.3, 0.4) is 0 Å². The zero-order chi connectivity index (χ0) is 15.7. The minimum absolute atomic E-state index is 0.00733. The summed E-state index contributed by atoms with van der Waals surface area (Å²) >= 11 is 0. The Kier molecular flexibility index (Phi) is 3.48. The number of pyridine rings is 1. The molecule has 0 saturated carbocycles. The normalized spacial score (nSPS) is 11.8. The van der Waals surface area contributed by atoms with Crippen LogP contribution in [0.2, 0.25) is 0 Å². The van der Waals surface area contributed by atoms with Crippen LogP contribution in [0.1, 0.15) is 11.1 Å². The number of ether oxygens (including phenoxy) is 1. The molecule has 3 rings (SSSR count). The lowest BCUT2D eigenvalue weighted by Crippen LogP contribution is -2.06. The molecule has 0 fully saturated rings. The van der Waals surface area contributed by atoms with Crippen molar-refractivity contribution in [1.82, 2.24) is 14.5 Å². The number of halogens is 3. The third-order valence-corrected chi connectivity index (χ3v) is 3.24. The van der Waals surface area contributed by atoms with Crippen molar-refractivity contribution in [2.24, 2.45) is 7.05 Å². The second-order valence-electron chi connectivity index (χ2n) is 4.83. The molecule has 0 radical (unpaired) electrons. The number of imidazole rings is 1. The van der Waals surface area contributed by atoms with E-state index in [1.807, 2.05) is 11.6 Å². The van der Waals surface area contributed by atoms with Gasteiger partial charge in [0, 0.05) is 13.2 Å². The molecule has 114 valence electrons. The number of nitrogens with zero attached hydrogens (tertiary/aromatic N) is 3. The van der Waals surface area contributed by atoms with Gasteiger partial charge < -0.3 is 9.30 Å². The van der Waals surface area contributed by atoms with Crippen molar-refractivity contribution in [2.75, 3.05) is 0 Å². The Bertz CT molecular complexity index is 811. The summed E-state index contributed by atoms with van der Waals surface area (Å²) in [5.74, 6) is 0.301. The molecule has 0 aliphatic rings. The molecule has 0 unspecified atom stereocenters. The van der Waals surface area contributed by atoms with Gasteiger partial charge in [-0.1, -0.05) is 12.1 Å². The Balaban J connectivity index is 1.83. The minimum atomic E-state index is -4.37. The molecule has 1 aromatic carbocycles. The largest absolute Gasteiger partial charge is 0.471 e. The van der Waals surface area contributed by atoms with E-state index in [9.17, 15) is 13.2 Å². The fraction of sp³-hybridized carbons (Fsp3) is 0.200. The number of aromatic nitrogens is 3. The molecule has 2 heterocycles. The van der Waals surface area contributed by atoms with Gasteiger partial charge in [-0.2, -0.15) is 13.2 Å². The van der Waals surface area contributed by atoms with Crippen LogP contribution in [0.15, 0.2) is 42.9 Å². The summed E-state index contributed by atoms with van der Waals surface area (Å²) in [6, 6.07) is 6.82. The summed E-state index contributed by atoms with van der Waals surface area (Å²) in [5, 5.41) is 0. The molecule has 2 aromatic heterocycles. The molecule has 0 aliphatic carbocycles. The van der Waals surface area contributed by atoms with Gasteiger partial charge in [0.2, 0.25) is 5.88 Å². The highest BCUT2D eigenvalue weighted by Crippen LogP contribution is 2.30. The lowest BCUT2D eigenvalue weighted by atomic mass is 10.1. The Morgan fingerprint density at radius 1 is 1.18 bits per heavy atom. The van der Waals surface area contributed by atoms with Gasteiger partial charge in [0.05, 0.1) is 17.4 Å². The van der Waals surface area contributed by atoms with Crippen molar-refractivity contribution in [3.63, 3.8) is 0 Å². The first-order chi connectivity index (χ1) is 10.4. The van der Waals surface area contributed by atoms with Crippen molar-refractivity contribution in [3.8, 4) is 5.88 Å². The lowest BCUT2D eigenvalue weighted by molar-refractivity contribution is -0.137. The number of fused-ring (bicyclic) bond motifs is 1. The van der Waals surface area contributed by atoms with Crippen molar-refractivity contribution in [2.45, 2.75) is 12.8 Å². The third-order valence-electron chi connectivity index (χ3n) is 3.24. The van der Waals surface area contributed by atoms with Gasteiger partial charge in [-0.05, 0) is 23.8 Å². The fourth-order valence-electron chi connectivity index (χ4n) is 2.13. The average molecular weight is 307 g/mol. The maximum absolute atomic E-state index is 12.7. The maximum atomic E-state index is 12.7. The smallest absolute Gasteiger partial charge is 0.416 e. The highest BCUT2D eigenvalue weighted by molar-refractivity contribution is 5.79. The van der Waals surface area contributed by atoms with Gasteiger partial charge in [0.15, 0.2) is 5.52 Å². The molecule has 7 heteroatoms. The Morgan fingerprint density at radius 2 is 2.00 bits per heavy atom. The summed E-state index contributed by atoms with van der Waals surface area (Å²) in [5.41, 5.74) is 1.15. The van der Waals surface area contributed by atoms with E-state index >= 15 is 0 Å². The van der Waals surface area contributed by atoms with Crippen molar-refractivity contribution in [1.29, 1.82) is 0 Å². The molecular weight excluding hydrogens is 295 g/mol. The first kappa shape index (κ1) is 14.4. The van der Waals surface area contributed by atoms with Gasteiger partial charge >= 0.3 is 6.18 Å². The molecule has 4 nitrogen and oxygen atoms in total. The summed E-state index contributed by atoms with van der Waals surface area (Å²) in [4.78, 5) is 8.27. The van der Waals surface area contributed by atoms with Gasteiger partial charge in [-0.15, -0.1) is 0 Å². The van der Waals surface area contributed by atoms with Gasteiger partial charge in [0.25, 0.3) is 0 Å². The molecule has 0 bridgehead atoms. The molecule has 0 spiro atoms. The van der Waals surface area contributed by atoms with Crippen LogP contribution < -0.4 is 4.74 Å². The summed E-state index contributed by atoms with van der Waals surface area (Å²) < 4.78 is 45.4. The van der Waals surface area contributed by atoms with Crippen LogP contribution in [-0.4, -0.2) is 14.5 Å². The monoisotopic (exact) mass is 307 g/mol. The van der Waals surface area contributed by atoms with Gasteiger partial charge in [-0.3, -0.25) is 0 Å². The highest BCUT2D eigenvalue weighted by Gasteiger charge is 2.30. The van der Waals surface area contributed by atoms with Crippen molar-refractivity contribution >= 4 is 11.0 Å². The summed E-state index contributed by atoms with van der Waals surface area (Å²) in [6.07, 6.45) is -1.16. The van der Waals surface area contributed by atoms with Crippen molar-refractivity contribution in [3.05, 3.63) is 54.0 Å². The van der Waals surface area contributed by atoms with E-state index in [1.54, 1.807) is 24.7 Å². The van der Waals surface area contributed by atoms with E-state index in [2.05, 4.69) is 9.97 Å². The lowest BCUT2D eigenvalue weighted by Gasteiger charge is -2.09. The average Bonchev–Trinajstić information content (AvgIpc) is 2.87. The van der Waals surface area contributed by atoms with Gasteiger partial charge in [-0.25, -0.2) is 9.97 Å². The molecule has 0 atom stereocenters.